The lowest BCUT2D eigenvalue weighted by molar-refractivity contribution is 0.0494. The van der Waals surface area contributed by atoms with Gasteiger partial charge in [0.05, 0.1) is 17.2 Å². The van der Waals surface area contributed by atoms with E-state index in [1.807, 2.05) is 20.8 Å². The summed E-state index contributed by atoms with van der Waals surface area (Å²) in [4.78, 5) is 12.0. The number of rotatable bonds is 13. The Morgan fingerprint density at radius 2 is 1.56 bits per heavy atom. The standard InChI is InChI=1S/C18H29ClO5Si/c1-4-22-25(23-5-2,24-6-3)15-11-7-10-14-21-18(20)16-12-8-9-13-17(16)19/h8-9,12-13H,4-7,10-11,14-15H2,1-3H3. The van der Waals surface area contributed by atoms with Gasteiger partial charge in [0.25, 0.3) is 0 Å². The van der Waals surface area contributed by atoms with Crippen LogP contribution in [-0.2, 0) is 18.0 Å². The van der Waals surface area contributed by atoms with Crippen molar-refractivity contribution in [1.29, 1.82) is 0 Å². The Morgan fingerprint density at radius 1 is 0.960 bits per heavy atom. The molecule has 142 valence electrons. The maximum atomic E-state index is 12.0. The fraction of sp³-hybridized carbons (Fsp3) is 0.611. The maximum Gasteiger partial charge on any atom is 0.500 e. The molecule has 0 bridgehead atoms. The highest BCUT2D eigenvalue weighted by Crippen LogP contribution is 2.20. The Balaban J connectivity index is 2.32. The van der Waals surface area contributed by atoms with Crippen molar-refractivity contribution >= 4 is 26.4 Å². The molecule has 1 rings (SSSR count). The van der Waals surface area contributed by atoms with Crippen LogP contribution < -0.4 is 0 Å². The second-order valence-electron chi connectivity index (χ2n) is 5.41. The fourth-order valence-electron chi connectivity index (χ4n) is 2.49. The average molecular weight is 389 g/mol. The molecule has 25 heavy (non-hydrogen) atoms. The van der Waals surface area contributed by atoms with E-state index in [0.717, 1.165) is 25.3 Å². The SMILES string of the molecule is CCO[Si](CCCCCOC(=O)c1ccccc1Cl)(OCC)OCC. The molecule has 0 unspecified atom stereocenters. The zero-order chi connectivity index (χ0) is 18.5. The van der Waals surface area contributed by atoms with Crippen LogP contribution in [-0.4, -0.2) is 41.2 Å². The van der Waals surface area contributed by atoms with E-state index >= 15 is 0 Å². The Kier molecular flexibility index (Phi) is 11.0. The molecule has 0 aliphatic rings. The number of halogens is 1. The fourth-order valence-corrected chi connectivity index (χ4v) is 5.39. The first-order chi connectivity index (χ1) is 12.1. The molecule has 0 heterocycles. The second-order valence-corrected chi connectivity index (χ2v) is 8.55. The zero-order valence-corrected chi connectivity index (χ0v) is 17.1. The minimum absolute atomic E-state index is 0.372. The minimum atomic E-state index is -2.56. The van der Waals surface area contributed by atoms with Gasteiger partial charge in [-0.05, 0) is 45.7 Å². The van der Waals surface area contributed by atoms with Gasteiger partial charge in [0.2, 0.25) is 0 Å². The quantitative estimate of drug-likeness (QED) is 0.278. The molecule has 0 fully saturated rings. The molecule has 0 aliphatic heterocycles. The van der Waals surface area contributed by atoms with Gasteiger partial charge in [0.15, 0.2) is 0 Å². The molecule has 0 aliphatic carbocycles. The predicted molar refractivity (Wildman–Crippen MR) is 101 cm³/mol. The highest BCUT2D eigenvalue weighted by atomic mass is 35.5. The lowest BCUT2D eigenvalue weighted by Gasteiger charge is -2.28. The van der Waals surface area contributed by atoms with Crippen LogP contribution in [0.4, 0.5) is 0 Å². The van der Waals surface area contributed by atoms with E-state index < -0.39 is 8.80 Å². The van der Waals surface area contributed by atoms with E-state index in [0.29, 0.717) is 37.0 Å². The van der Waals surface area contributed by atoms with Crippen LogP contribution in [0.1, 0.15) is 50.4 Å². The van der Waals surface area contributed by atoms with Gasteiger partial charge in [-0.25, -0.2) is 4.79 Å². The first-order valence-corrected chi connectivity index (χ1v) is 11.2. The first-order valence-electron chi connectivity index (χ1n) is 8.92. The second kappa shape index (κ2) is 12.4. The van der Waals surface area contributed by atoms with Crippen LogP contribution in [0.5, 0.6) is 0 Å². The molecule has 5 nitrogen and oxygen atoms in total. The van der Waals surface area contributed by atoms with Crippen molar-refractivity contribution in [2.24, 2.45) is 0 Å². The molecule has 0 amide bonds. The number of ether oxygens (including phenoxy) is 1. The van der Waals surface area contributed by atoms with Crippen LogP contribution in [0.3, 0.4) is 0 Å². The molecule has 1 aromatic carbocycles. The molecule has 0 aromatic heterocycles. The molecule has 0 saturated heterocycles. The number of esters is 1. The third-order valence-corrected chi connectivity index (χ3v) is 7.03. The van der Waals surface area contributed by atoms with Crippen LogP contribution in [0.15, 0.2) is 24.3 Å². The van der Waals surface area contributed by atoms with Gasteiger partial charge in [-0.1, -0.05) is 30.2 Å². The normalized spacial score (nSPS) is 11.5. The van der Waals surface area contributed by atoms with E-state index in [2.05, 4.69) is 0 Å². The maximum absolute atomic E-state index is 12.0. The monoisotopic (exact) mass is 388 g/mol. The van der Waals surface area contributed by atoms with E-state index in [1.54, 1.807) is 24.3 Å². The number of benzene rings is 1. The number of unbranched alkanes of at least 4 members (excludes halogenated alkanes) is 2. The summed E-state index contributed by atoms with van der Waals surface area (Å²) in [7, 11) is -2.56. The molecule has 0 spiro atoms. The third kappa shape index (κ3) is 7.88. The topological polar surface area (TPSA) is 54.0 Å². The van der Waals surface area contributed by atoms with Gasteiger partial charge in [-0.15, -0.1) is 0 Å². The molecule has 0 atom stereocenters. The molecular weight excluding hydrogens is 360 g/mol. The molecule has 7 heteroatoms. The Labute approximate surface area is 156 Å². The van der Waals surface area contributed by atoms with Crippen molar-refractivity contribution in [3.05, 3.63) is 34.9 Å². The predicted octanol–water partition coefficient (Wildman–Crippen LogP) is 4.72. The summed E-state index contributed by atoms with van der Waals surface area (Å²) in [5.74, 6) is -0.382. The number of carbonyl (C=O) groups excluding carboxylic acids is 1. The van der Waals surface area contributed by atoms with E-state index in [4.69, 9.17) is 29.6 Å². The molecular formula is C18H29ClO5Si. The lowest BCUT2D eigenvalue weighted by Crippen LogP contribution is -2.45. The first kappa shape index (κ1) is 22.1. The van der Waals surface area contributed by atoms with Crippen LogP contribution >= 0.6 is 11.6 Å². The Morgan fingerprint density at radius 3 is 2.12 bits per heavy atom. The minimum Gasteiger partial charge on any atom is -0.462 e. The molecule has 0 radical (unpaired) electrons. The number of hydrogen-bond donors (Lipinski definition) is 0. The van der Waals surface area contributed by atoms with Crippen LogP contribution in [0.2, 0.25) is 11.1 Å². The third-order valence-electron chi connectivity index (χ3n) is 3.55. The zero-order valence-electron chi connectivity index (χ0n) is 15.4. The van der Waals surface area contributed by atoms with E-state index in [9.17, 15) is 4.79 Å². The summed E-state index contributed by atoms with van der Waals surface area (Å²) >= 11 is 5.98. The smallest absolute Gasteiger partial charge is 0.462 e. The largest absolute Gasteiger partial charge is 0.500 e. The summed E-state index contributed by atoms with van der Waals surface area (Å²) in [6.45, 7) is 7.98. The summed E-state index contributed by atoms with van der Waals surface area (Å²) in [5, 5.41) is 0.411. The van der Waals surface area contributed by atoms with E-state index in [1.165, 1.54) is 0 Å². The lowest BCUT2D eigenvalue weighted by atomic mass is 10.2. The van der Waals surface area contributed by atoms with Crippen LogP contribution in [0, 0.1) is 0 Å². The molecule has 0 saturated carbocycles. The van der Waals surface area contributed by atoms with Crippen molar-refractivity contribution in [2.45, 2.75) is 46.1 Å². The summed E-state index contributed by atoms with van der Waals surface area (Å²) in [5.41, 5.74) is 0.402. The number of hydrogen-bond acceptors (Lipinski definition) is 5. The number of carbonyl (C=O) groups is 1. The molecule has 1 aromatic rings. The van der Waals surface area contributed by atoms with Crippen molar-refractivity contribution in [3.63, 3.8) is 0 Å². The highest BCUT2D eigenvalue weighted by Gasteiger charge is 2.39. The summed E-state index contributed by atoms with van der Waals surface area (Å²) in [6, 6.07) is 7.67. The summed E-state index contributed by atoms with van der Waals surface area (Å²) < 4.78 is 22.7. The molecule has 0 N–H and O–H groups in total. The van der Waals surface area contributed by atoms with Gasteiger partial charge in [0, 0.05) is 25.9 Å². The van der Waals surface area contributed by atoms with Crippen molar-refractivity contribution in [2.75, 3.05) is 26.4 Å². The van der Waals surface area contributed by atoms with Crippen molar-refractivity contribution in [1.82, 2.24) is 0 Å². The highest BCUT2D eigenvalue weighted by molar-refractivity contribution is 6.60. The van der Waals surface area contributed by atoms with E-state index in [-0.39, 0.29) is 5.97 Å². The van der Waals surface area contributed by atoms with Gasteiger partial charge in [-0.3, -0.25) is 0 Å². The van der Waals surface area contributed by atoms with Gasteiger partial charge in [-0.2, -0.15) is 0 Å². The average Bonchev–Trinajstić information content (AvgIpc) is 2.59. The van der Waals surface area contributed by atoms with Crippen molar-refractivity contribution < 1.29 is 22.8 Å². The van der Waals surface area contributed by atoms with Crippen molar-refractivity contribution in [3.8, 4) is 0 Å². The van der Waals surface area contributed by atoms with Gasteiger partial charge in [0.1, 0.15) is 0 Å². The Bertz CT molecular complexity index is 495. The summed E-state index contributed by atoms with van der Waals surface area (Å²) in [6.07, 6.45) is 2.61. The van der Waals surface area contributed by atoms with Crippen LogP contribution in [0.25, 0.3) is 0 Å². The Hall–Kier alpha value is -0.923. The van der Waals surface area contributed by atoms with Gasteiger partial charge < -0.3 is 18.0 Å². The van der Waals surface area contributed by atoms with Gasteiger partial charge >= 0.3 is 14.8 Å².